The maximum atomic E-state index is 10.1. The van der Waals surface area contributed by atoms with Gasteiger partial charge >= 0.3 is 11.9 Å². The Hall–Kier alpha value is -1.10. The molecule has 0 radical (unpaired) electrons. The lowest BCUT2D eigenvalue weighted by Gasteiger charge is -2.50. The molecule has 5 nitrogen and oxygen atoms in total. The smallest absolute Gasteiger partial charge is 0.303 e. The van der Waals surface area contributed by atoms with Crippen molar-refractivity contribution < 1.29 is 19.8 Å². The molecular formula is C20H39NO4. The molecule has 0 aromatic carbocycles. The van der Waals surface area contributed by atoms with E-state index in [1.54, 1.807) is 0 Å². The van der Waals surface area contributed by atoms with E-state index in [2.05, 4.69) is 39.6 Å². The Bertz CT molecular complexity index is 369. The van der Waals surface area contributed by atoms with Gasteiger partial charge in [0.15, 0.2) is 0 Å². The highest BCUT2D eigenvalue weighted by molar-refractivity contribution is 5.66. The maximum absolute atomic E-state index is 10.1. The molecule has 25 heavy (non-hydrogen) atoms. The van der Waals surface area contributed by atoms with Crippen LogP contribution in [0.2, 0.25) is 0 Å². The number of nitrogens with zero attached hydrogens (tertiary/aromatic N) is 1. The van der Waals surface area contributed by atoms with Crippen LogP contribution >= 0.6 is 0 Å². The van der Waals surface area contributed by atoms with Crippen LogP contribution in [0, 0.1) is 0 Å². The normalized spacial score (nSPS) is 18.9. The van der Waals surface area contributed by atoms with Crippen LogP contribution in [-0.2, 0) is 9.59 Å². The second kappa shape index (κ2) is 11.5. The van der Waals surface area contributed by atoms with Gasteiger partial charge in [0.05, 0.1) is 0 Å². The van der Waals surface area contributed by atoms with E-state index in [9.17, 15) is 9.59 Å². The number of carboxylic acids is 2. The van der Waals surface area contributed by atoms with Gasteiger partial charge in [-0.15, -0.1) is 0 Å². The third kappa shape index (κ3) is 11.2. The third-order valence-electron chi connectivity index (χ3n) is 5.42. The highest BCUT2D eigenvalue weighted by Crippen LogP contribution is 2.36. The molecule has 2 N–H and O–H groups in total. The molecule has 0 unspecified atom stereocenters. The summed E-state index contributed by atoms with van der Waals surface area (Å²) >= 11 is 0. The van der Waals surface area contributed by atoms with Crippen molar-refractivity contribution >= 4 is 11.9 Å². The van der Waals surface area contributed by atoms with E-state index in [1.807, 2.05) is 0 Å². The summed E-state index contributed by atoms with van der Waals surface area (Å²) in [6.45, 7) is 9.36. The molecule has 1 fully saturated rings. The van der Waals surface area contributed by atoms with Gasteiger partial charge in [0, 0.05) is 23.9 Å². The summed E-state index contributed by atoms with van der Waals surface area (Å²) in [4.78, 5) is 22.8. The number of carboxylic acid groups (broad SMARTS) is 2. The SMILES string of the molecule is CN1C(C)(C)CCCC1(C)C.O=C(O)CCCCCCCCC(=O)O. The molecular weight excluding hydrogens is 318 g/mol. The summed E-state index contributed by atoms with van der Waals surface area (Å²) < 4.78 is 0. The van der Waals surface area contributed by atoms with Crippen molar-refractivity contribution in [2.24, 2.45) is 0 Å². The van der Waals surface area contributed by atoms with Gasteiger partial charge in [-0.2, -0.15) is 0 Å². The molecule has 0 bridgehead atoms. The minimum Gasteiger partial charge on any atom is -0.481 e. The zero-order valence-electron chi connectivity index (χ0n) is 16.9. The lowest BCUT2D eigenvalue weighted by atomic mass is 9.80. The largest absolute Gasteiger partial charge is 0.481 e. The molecule has 1 aliphatic rings. The number of unbranched alkanes of at least 4 members (excludes halogenated alkanes) is 5. The molecule has 0 aliphatic carbocycles. The first-order valence-electron chi connectivity index (χ1n) is 9.66. The Balaban J connectivity index is 0.000000472. The van der Waals surface area contributed by atoms with E-state index in [4.69, 9.17) is 10.2 Å². The quantitative estimate of drug-likeness (QED) is 0.572. The Morgan fingerprint density at radius 3 is 1.36 bits per heavy atom. The number of piperidine rings is 1. The van der Waals surface area contributed by atoms with Gasteiger partial charge in [0.25, 0.3) is 0 Å². The highest BCUT2D eigenvalue weighted by Gasteiger charge is 2.38. The predicted molar refractivity (Wildman–Crippen MR) is 102 cm³/mol. The number of carbonyl (C=O) groups is 2. The van der Waals surface area contributed by atoms with Crippen LogP contribution in [0.5, 0.6) is 0 Å². The van der Waals surface area contributed by atoms with Crippen molar-refractivity contribution in [2.45, 2.75) is 109 Å². The van der Waals surface area contributed by atoms with E-state index < -0.39 is 11.9 Å². The van der Waals surface area contributed by atoms with Gasteiger partial charge in [-0.25, -0.2) is 0 Å². The van der Waals surface area contributed by atoms with Crippen LogP contribution in [0.25, 0.3) is 0 Å². The fourth-order valence-electron chi connectivity index (χ4n) is 3.37. The van der Waals surface area contributed by atoms with Crippen LogP contribution in [0.15, 0.2) is 0 Å². The molecule has 0 aromatic heterocycles. The van der Waals surface area contributed by atoms with E-state index in [-0.39, 0.29) is 12.8 Å². The minimum absolute atomic E-state index is 0.245. The first-order chi connectivity index (χ1) is 11.5. The van der Waals surface area contributed by atoms with E-state index in [1.165, 1.54) is 19.3 Å². The predicted octanol–water partition coefficient (Wildman–Crippen LogP) is 4.94. The van der Waals surface area contributed by atoms with Crippen LogP contribution < -0.4 is 0 Å². The summed E-state index contributed by atoms with van der Waals surface area (Å²) in [6.07, 6.45) is 9.88. The average Bonchev–Trinajstić information content (AvgIpc) is 2.47. The van der Waals surface area contributed by atoms with Gasteiger partial charge < -0.3 is 10.2 Å². The lowest BCUT2D eigenvalue weighted by Crippen LogP contribution is -2.56. The van der Waals surface area contributed by atoms with Gasteiger partial charge in [0.1, 0.15) is 0 Å². The lowest BCUT2D eigenvalue weighted by molar-refractivity contribution is -0.138. The number of hydrogen-bond acceptors (Lipinski definition) is 3. The van der Waals surface area contributed by atoms with Crippen molar-refractivity contribution in [3.05, 3.63) is 0 Å². The Morgan fingerprint density at radius 1 is 0.760 bits per heavy atom. The molecule has 0 aromatic rings. The number of likely N-dealkylation sites (tertiary alicyclic amines) is 1. The van der Waals surface area contributed by atoms with Crippen LogP contribution in [0.1, 0.15) is 98.3 Å². The van der Waals surface area contributed by atoms with Crippen molar-refractivity contribution in [3.8, 4) is 0 Å². The van der Waals surface area contributed by atoms with Crippen molar-refractivity contribution in [1.82, 2.24) is 4.90 Å². The van der Waals surface area contributed by atoms with E-state index in [0.717, 1.165) is 38.5 Å². The minimum atomic E-state index is -0.740. The first-order valence-corrected chi connectivity index (χ1v) is 9.66. The molecule has 0 atom stereocenters. The van der Waals surface area contributed by atoms with Gasteiger partial charge in [-0.1, -0.05) is 25.7 Å². The fraction of sp³-hybridized carbons (Fsp3) is 0.900. The number of hydrogen-bond donors (Lipinski definition) is 2. The van der Waals surface area contributed by atoms with Crippen LogP contribution in [0.3, 0.4) is 0 Å². The van der Waals surface area contributed by atoms with E-state index in [0.29, 0.717) is 11.1 Å². The molecule has 1 heterocycles. The van der Waals surface area contributed by atoms with Crippen molar-refractivity contribution in [3.63, 3.8) is 0 Å². The second-order valence-corrected chi connectivity index (χ2v) is 8.45. The summed E-state index contributed by atoms with van der Waals surface area (Å²) in [5.74, 6) is -1.48. The number of rotatable bonds is 9. The summed E-state index contributed by atoms with van der Waals surface area (Å²) in [6, 6.07) is 0. The molecule has 1 rings (SSSR count). The van der Waals surface area contributed by atoms with Gasteiger partial charge in [-0.3, -0.25) is 14.5 Å². The monoisotopic (exact) mass is 357 g/mol. The molecule has 1 aliphatic heterocycles. The maximum Gasteiger partial charge on any atom is 0.303 e. The topological polar surface area (TPSA) is 77.8 Å². The van der Waals surface area contributed by atoms with Gasteiger partial charge in [0.2, 0.25) is 0 Å². The summed E-state index contributed by atoms with van der Waals surface area (Å²) in [7, 11) is 2.25. The Kier molecular flexibility index (Phi) is 11.0. The van der Waals surface area contributed by atoms with Crippen LogP contribution in [-0.4, -0.2) is 45.2 Å². The fourth-order valence-corrected chi connectivity index (χ4v) is 3.37. The van der Waals surface area contributed by atoms with E-state index >= 15 is 0 Å². The summed E-state index contributed by atoms with van der Waals surface area (Å²) in [5, 5.41) is 16.7. The molecule has 0 saturated carbocycles. The number of aliphatic carboxylic acids is 2. The highest BCUT2D eigenvalue weighted by atomic mass is 16.4. The summed E-state index contributed by atoms with van der Waals surface area (Å²) in [5.41, 5.74) is 0.809. The van der Waals surface area contributed by atoms with Crippen molar-refractivity contribution in [2.75, 3.05) is 7.05 Å². The van der Waals surface area contributed by atoms with Crippen LogP contribution in [0.4, 0.5) is 0 Å². The zero-order valence-corrected chi connectivity index (χ0v) is 16.9. The molecule has 0 amide bonds. The van der Waals surface area contributed by atoms with Gasteiger partial charge in [-0.05, 0) is 66.8 Å². The Labute approximate surface area is 153 Å². The van der Waals surface area contributed by atoms with Crippen molar-refractivity contribution in [1.29, 1.82) is 0 Å². The average molecular weight is 358 g/mol. The molecule has 1 saturated heterocycles. The molecule has 0 spiro atoms. The standard InChI is InChI=1S/C10H21N.C10H18O4/c1-9(2)7-6-8-10(3,4)11(9)5;11-9(12)7-5-3-1-2-4-6-8-10(13)14/h6-8H2,1-5H3;1-8H2,(H,11,12)(H,13,14). The molecule has 5 heteroatoms. The first kappa shape index (κ1) is 23.9. The Morgan fingerprint density at radius 2 is 1.08 bits per heavy atom. The third-order valence-corrected chi connectivity index (χ3v) is 5.42. The zero-order chi connectivity index (χ0) is 19.5. The second-order valence-electron chi connectivity index (χ2n) is 8.45. The molecule has 148 valence electrons.